The van der Waals surface area contributed by atoms with Crippen LogP contribution >= 0.6 is 11.8 Å². The molecular formula is C16H15NO2S. The van der Waals surface area contributed by atoms with E-state index < -0.39 is 11.4 Å². The van der Waals surface area contributed by atoms with Crippen molar-refractivity contribution < 1.29 is 9.90 Å². The minimum Gasteiger partial charge on any atom is -0.387 e. The number of nitrogens with zero attached hydrogens (tertiary/aromatic N) is 1. The highest BCUT2D eigenvalue weighted by atomic mass is 32.2. The summed E-state index contributed by atoms with van der Waals surface area (Å²) < 4.78 is 0. The first-order valence-corrected chi connectivity index (χ1v) is 7.32. The first kappa shape index (κ1) is 13.2. The fourth-order valence-corrected chi connectivity index (χ4v) is 3.66. The summed E-state index contributed by atoms with van der Waals surface area (Å²) in [6, 6.07) is 17.1. The third-order valence-corrected chi connectivity index (χ3v) is 4.79. The molecule has 1 aliphatic heterocycles. The summed E-state index contributed by atoms with van der Waals surface area (Å²) in [6.45, 7) is 0. The van der Waals surface area contributed by atoms with Crippen LogP contribution in [-0.4, -0.2) is 23.3 Å². The summed E-state index contributed by atoms with van der Waals surface area (Å²) in [7, 11) is 1.76. The Hall–Kier alpha value is -1.78. The number of benzene rings is 2. The molecule has 2 aromatic rings. The van der Waals surface area contributed by atoms with Gasteiger partial charge in [-0.25, -0.2) is 0 Å². The maximum Gasteiger partial charge on any atom is 0.243 e. The predicted molar refractivity (Wildman–Crippen MR) is 80.9 cm³/mol. The first-order valence-electron chi connectivity index (χ1n) is 6.45. The summed E-state index contributed by atoms with van der Waals surface area (Å²) in [6.07, 6.45) is -0.801. The van der Waals surface area contributed by atoms with Gasteiger partial charge in [0.05, 0.1) is 5.69 Å². The molecule has 0 bridgehead atoms. The van der Waals surface area contributed by atoms with Crippen molar-refractivity contribution in [2.45, 2.75) is 16.2 Å². The highest BCUT2D eigenvalue weighted by molar-refractivity contribution is 8.01. The quantitative estimate of drug-likeness (QED) is 0.922. The Kier molecular flexibility index (Phi) is 3.51. The molecule has 3 nitrogen and oxygen atoms in total. The van der Waals surface area contributed by atoms with E-state index in [0.717, 1.165) is 16.1 Å². The van der Waals surface area contributed by atoms with Gasteiger partial charge >= 0.3 is 0 Å². The molecule has 2 atom stereocenters. The normalized spacial score (nSPS) is 19.6. The second kappa shape index (κ2) is 5.31. The van der Waals surface area contributed by atoms with Crippen molar-refractivity contribution in [3.63, 3.8) is 0 Å². The molecule has 0 fully saturated rings. The number of carbonyl (C=O) groups excluding carboxylic acids is 1. The smallest absolute Gasteiger partial charge is 0.243 e. The molecule has 102 valence electrons. The zero-order chi connectivity index (χ0) is 14.1. The van der Waals surface area contributed by atoms with Crippen molar-refractivity contribution in [3.05, 3.63) is 60.2 Å². The van der Waals surface area contributed by atoms with E-state index in [2.05, 4.69) is 0 Å². The molecule has 4 heteroatoms. The lowest BCUT2D eigenvalue weighted by atomic mass is 10.1. The zero-order valence-electron chi connectivity index (χ0n) is 11.1. The molecule has 1 aliphatic rings. The van der Waals surface area contributed by atoms with Crippen LogP contribution in [0.4, 0.5) is 5.69 Å². The van der Waals surface area contributed by atoms with Crippen LogP contribution in [0, 0.1) is 0 Å². The number of para-hydroxylation sites is 1. The molecule has 0 radical (unpaired) electrons. The molecule has 0 aromatic heterocycles. The average molecular weight is 285 g/mol. The van der Waals surface area contributed by atoms with E-state index in [1.165, 1.54) is 11.8 Å². The van der Waals surface area contributed by atoms with E-state index in [-0.39, 0.29) is 5.91 Å². The number of aliphatic hydroxyl groups excluding tert-OH is 1. The van der Waals surface area contributed by atoms with Crippen LogP contribution in [-0.2, 0) is 4.79 Å². The van der Waals surface area contributed by atoms with Gasteiger partial charge in [-0.1, -0.05) is 42.5 Å². The van der Waals surface area contributed by atoms with Gasteiger partial charge in [0.15, 0.2) is 0 Å². The van der Waals surface area contributed by atoms with Gasteiger partial charge in [0.1, 0.15) is 11.4 Å². The number of aliphatic hydroxyl groups is 1. The van der Waals surface area contributed by atoms with Crippen molar-refractivity contribution in [2.24, 2.45) is 0 Å². The largest absolute Gasteiger partial charge is 0.387 e. The monoisotopic (exact) mass is 285 g/mol. The number of rotatable bonds is 2. The molecule has 1 heterocycles. The summed E-state index contributed by atoms with van der Waals surface area (Å²) >= 11 is 1.43. The molecular weight excluding hydrogens is 270 g/mol. The van der Waals surface area contributed by atoms with Crippen LogP contribution in [0.3, 0.4) is 0 Å². The maximum absolute atomic E-state index is 12.4. The summed E-state index contributed by atoms with van der Waals surface area (Å²) in [5, 5.41) is 9.99. The second-order valence-corrected chi connectivity index (χ2v) is 5.94. The third kappa shape index (κ3) is 2.21. The van der Waals surface area contributed by atoms with Gasteiger partial charge in [-0.3, -0.25) is 4.79 Å². The van der Waals surface area contributed by atoms with Crippen molar-refractivity contribution in [3.8, 4) is 0 Å². The van der Waals surface area contributed by atoms with Crippen LogP contribution in [0.2, 0.25) is 0 Å². The van der Waals surface area contributed by atoms with Gasteiger partial charge < -0.3 is 10.0 Å². The molecule has 0 unspecified atom stereocenters. The number of fused-ring (bicyclic) bond motifs is 1. The lowest BCUT2D eigenvalue weighted by Crippen LogP contribution is -2.41. The van der Waals surface area contributed by atoms with Gasteiger partial charge in [0, 0.05) is 11.9 Å². The fourth-order valence-electron chi connectivity index (χ4n) is 2.36. The Morgan fingerprint density at radius 1 is 1.10 bits per heavy atom. The van der Waals surface area contributed by atoms with Crippen molar-refractivity contribution in [1.82, 2.24) is 0 Å². The zero-order valence-corrected chi connectivity index (χ0v) is 11.9. The Bertz CT molecular complexity index is 629. The Morgan fingerprint density at radius 3 is 2.50 bits per heavy atom. The second-order valence-electron chi connectivity index (χ2n) is 4.76. The van der Waals surface area contributed by atoms with E-state index in [9.17, 15) is 9.90 Å². The average Bonchev–Trinajstić information content (AvgIpc) is 2.51. The molecule has 0 aliphatic carbocycles. The van der Waals surface area contributed by atoms with Crippen LogP contribution < -0.4 is 4.90 Å². The van der Waals surface area contributed by atoms with E-state index in [1.807, 2.05) is 54.6 Å². The van der Waals surface area contributed by atoms with Crippen LogP contribution in [0.5, 0.6) is 0 Å². The van der Waals surface area contributed by atoms with Gasteiger partial charge in [0.2, 0.25) is 5.91 Å². The molecule has 1 amide bonds. The fraction of sp³-hybridized carbons (Fsp3) is 0.188. The minimum absolute atomic E-state index is 0.0648. The molecule has 20 heavy (non-hydrogen) atoms. The Balaban J connectivity index is 1.94. The summed E-state index contributed by atoms with van der Waals surface area (Å²) in [4.78, 5) is 15.1. The number of anilines is 1. The van der Waals surface area contributed by atoms with E-state index in [4.69, 9.17) is 0 Å². The van der Waals surface area contributed by atoms with Gasteiger partial charge in [-0.05, 0) is 17.7 Å². The number of amides is 1. The highest BCUT2D eigenvalue weighted by Crippen LogP contribution is 2.42. The number of thioether (sulfide) groups is 1. The van der Waals surface area contributed by atoms with E-state index in [1.54, 1.807) is 11.9 Å². The molecule has 0 saturated carbocycles. The summed E-state index contributed by atoms with van der Waals surface area (Å²) in [5.41, 5.74) is 1.67. The number of carbonyl (C=O) groups is 1. The van der Waals surface area contributed by atoms with Gasteiger partial charge in [-0.2, -0.15) is 0 Å². The molecule has 2 aromatic carbocycles. The highest BCUT2D eigenvalue weighted by Gasteiger charge is 2.36. The van der Waals surface area contributed by atoms with Crippen LogP contribution in [0.1, 0.15) is 11.7 Å². The van der Waals surface area contributed by atoms with Crippen molar-refractivity contribution in [2.75, 3.05) is 11.9 Å². The Morgan fingerprint density at radius 2 is 1.75 bits per heavy atom. The number of hydrogen-bond acceptors (Lipinski definition) is 3. The van der Waals surface area contributed by atoms with E-state index in [0.29, 0.717) is 0 Å². The first-order chi connectivity index (χ1) is 9.68. The molecule has 0 saturated heterocycles. The maximum atomic E-state index is 12.4. The van der Waals surface area contributed by atoms with E-state index >= 15 is 0 Å². The van der Waals surface area contributed by atoms with Crippen LogP contribution in [0.15, 0.2) is 59.5 Å². The molecule has 1 N–H and O–H groups in total. The third-order valence-electron chi connectivity index (χ3n) is 3.48. The SMILES string of the molecule is CN1C(=O)[C@@H]([C@H](O)c2ccccc2)Sc2ccccc21. The predicted octanol–water partition coefficient (Wildman–Crippen LogP) is 2.86. The van der Waals surface area contributed by atoms with Crippen molar-refractivity contribution in [1.29, 1.82) is 0 Å². The lowest BCUT2D eigenvalue weighted by molar-refractivity contribution is -0.119. The standard InChI is InChI=1S/C16H15NO2S/c1-17-12-9-5-6-10-13(12)20-15(16(17)19)14(18)11-7-3-2-4-8-11/h2-10,14-15,18H,1H3/t14-,15-/m1/s1. The van der Waals surface area contributed by atoms with Gasteiger partial charge in [-0.15, -0.1) is 11.8 Å². The topological polar surface area (TPSA) is 40.5 Å². The van der Waals surface area contributed by atoms with Gasteiger partial charge in [0.25, 0.3) is 0 Å². The number of hydrogen-bond donors (Lipinski definition) is 1. The summed E-state index contributed by atoms with van der Waals surface area (Å²) in [5.74, 6) is -0.0648. The Labute approximate surface area is 122 Å². The van der Waals surface area contributed by atoms with Crippen LogP contribution in [0.25, 0.3) is 0 Å². The molecule has 3 rings (SSSR count). The lowest BCUT2D eigenvalue weighted by Gasteiger charge is -2.33. The van der Waals surface area contributed by atoms with Crippen molar-refractivity contribution >= 4 is 23.4 Å². The minimum atomic E-state index is -0.801. The molecule has 0 spiro atoms.